The summed E-state index contributed by atoms with van der Waals surface area (Å²) in [6.07, 6.45) is 5.24. The van der Waals surface area contributed by atoms with Gasteiger partial charge >= 0.3 is 0 Å². The second-order valence-corrected chi connectivity index (χ2v) is 3.99. The lowest BCUT2D eigenvalue weighted by Gasteiger charge is -2.38. The molecule has 1 saturated carbocycles. The molecule has 1 aromatic rings. The molecule has 1 aliphatic rings. The van der Waals surface area contributed by atoms with Crippen molar-refractivity contribution < 1.29 is 5.11 Å². The van der Waals surface area contributed by atoms with Crippen LogP contribution in [0.2, 0.25) is 0 Å². The summed E-state index contributed by atoms with van der Waals surface area (Å²) in [5, 5.41) is 10.2. The monoisotopic (exact) mass is 177 g/mol. The summed E-state index contributed by atoms with van der Waals surface area (Å²) in [6.45, 7) is 1.87. The Labute approximate surface area is 78.6 Å². The molecule has 2 nitrogen and oxygen atoms in total. The molecule has 0 saturated heterocycles. The number of nitrogens with zero attached hydrogens (tertiary/aromatic N) is 1. The van der Waals surface area contributed by atoms with Gasteiger partial charge in [0, 0.05) is 6.20 Å². The van der Waals surface area contributed by atoms with E-state index in [0.29, 0.717) is 5.92 Å². The highest BCUT2D eigenvalue weighted by molar-refractivity contribution is 5.14. The van der Waals surface area contributed by atoms with Crippen molar-refractivity contribution >= 4 is 0 Å². The fraction of sp³-hybridized carbons (Fsp3) is 0.545. The predicted molar refractivity (Wildman–Crippen MR) is 51.1 cm³/mol. The zero-order valence-electron chi connectivity index (χ0n) is 7.90. The third kappa shape index (κ3) is 1.46. The molecule has 13 heavy (non-hydrogen) atoms. The Morgan fingerprint density at radius 2 is 2.23 bits per heavy atom. The number of aliphatic hydroxyl groups is 1. The van der Waals surface area contributed by atoms with E-state index in [1.165, 1.54) is 6.42 Å². The predicted octanol–water partition coefficient (Wildman–Crippen LogP) is 2.09. The van der Waals surface area contributed by atoms with Crippen LogP contribution in [0.5, 0.6) is 0 Å². The lowest BCUT2D eigenvalue weighted by molar-refractivity contribution is -0.0433. The van der Waals surface area contributed by atoms with Gasteiger partial charge in [0.15, 0.2) is 0 Å². The topological polar surface area (TPSA) is 33.1 Å². The summed E-state index contributed by atoms with van der Waals surface area (Å²) < 4.78 is 0. The van der Waals surface area contributed by atoms with Gasteiger partial charge in [-0.15, -0.1) is 0 Å². The van der Waals surface area contributed by atoms with Crippen LogP contribution in [-0.4, -0.2) is 10.1 Å². The molecule has 1 fully saturated rings. The van der Waals surface area contributed by atoms with Crippen LogP contribution in [0.1, 0.15) is 31.9 Å². The minimum atomic E-state index is -0.723. The van der Waals surface area contributed by atoms with E-state index in [1.807, 2.05) is 25.1 Å². The molecular weight excluding hydrogens is 162 g/mol. The van der Waals surface area contributed by atoms with Crippen molar-refractivity contribution in [3.8, 4) is 0 Å². The number of rotatable bonds is 2. The lowest BCUT2D eigenvalue weighted by atomic mass is 9.72. The zero-order chi connectivity index (χ0) is 9.31. The van der Waals surface area contributed by atoms with Gasteiger partial charge in [-0.3, -0.25) is 4.98 Å². The number of pyridine rings is 1. The molecule has 1 aliphatic carbocycles. The van der Waals surface area contributed by atoms with Gasteiger partial charge in [-0.05, 0) is 37.8 Å². The summed E-state index contributed by atoms with van der Waals surface area (Å²) in [5.41, 5.74) is 0.0826. The van der Waals surface area contributed by atoms with E-state index in [9.17, 15) is 5.11 Å². The van der Waals surface area contributed by atoms with Gasteiger partial charge < -0.3 is 5.11 Å². The first-order chi connectivity index (χ1) is 6.21. The molecule has 0 aliphatic heterocycles. The maximum absolute atomic E-state index is 10.2. The molecule has 70 valence electrons. The van der Waals surface area contributed by atoms with Crippen LogP contribution in [0.15, 0.2) is 24.4 Å². The Bertz CT molecular complexity index is 277. The van der Waals surface area contributed by atoms with E-state index in [0.717, 1.165) is 18.5 Å². The van der Waals surface area contributed by atoms with Crippen molar-refractivity contribution in [1.29, 1.82) is 0 Å². The Morgan fingerprint density at radius 1 is 1.46 bits per heavy atom. The highest BCUT2D eigenvalue weighted by Crippen LogP contribution is 2.41. The highest BCUT2D eigenvalue weighted by Gasteiger charge is 2.38. The smallest absolute Gasteiger partial charge is 0.106 e. The summed E-state index contributed by atoms with van der Waals surface area (Å²) in [7, 11) is 0. The fourth-order valence-electron chi connectivity index (χ4n) is 1.84. The van der Waals surface area contributed by atoms with E-state index >= 15 is 0 Å². The van der Waals surface area contributed by atoms with E-state index in [-0.39, 0.29) is 0 Å². The summed E-state index contributed by atoms with van der Waals surface area (Å²) in [6, 6.07) is 5.70. The van der Waals surface area contributed by atoms with Gasteiger partial charge in [0.05, 0.1) is 5.69 Å². The van der Waals surface area contributed by atoms with Crippen LogP contribution in [0.4, 0.5) is 0 Å². The largest absolute Gasteiger partial charge is 0.384 e. The first-order valence-electron chi connectivity index (χ1n) is 4.85. The first-order valence-corrected chi connectivity index (χ1v) is 4.85. The van der Waals surface area contributed by atoms with Crippen LogP contribution in [0, 0.1) is 5.92 Å². The van der Waals surface area contributed by atoms with E-state index in [2.05, 4.69) is 4.98 Å². The number of aromatic nitrogens is 1. The molecular formula is C11H15NO. The van der Waals surface area contributed by atoms with Crippen molar-refractivity contribution in [1.82, 2.24) is 4.98 Å². The van der Waals surface area contributed by atoms with Gasteiger partial charge in [-0.25, -0.2) is 0 Å². The van der Waals surface area contributed by atoms with Crippen LogP contribution >= 0.6 is 0 Å². The fourth-order valence-corrected chi connectivity index (χ4v) is 1.84. The van der Waals surface area contributed by atoms with E-state index in [4.69, 9.17) is 0 Å². The van der Waals surface area contributed by atoms with Crippen LogP contribution in [0.25, 0.3) is 0 Å². The van der Waals surface area contributed by atoms with Gasteiger partial charge in [0.1, 0.15) is 5.60 Å². The quantitative estimate of drug-likeness (QED) is 0.750. The molecule has 0 radical (unpaired) electrons. The number of hydrogen-bond donors (Lipinski definition) is 1. The van der Waals surface area contributed by atoms with Crippen molar-refractivity contribution in [2.24, 2.45) is 5.92 Å². The second-order valence-electron chi connectivity index (χ2n) is 3.99. The van der Waals surface area contributed by atoms with Gasteiger partial charge in [-0.1, -0.05) is 12.5 Å². The standard InChI is InChI=1S/C11H15NO/c1-11(13,9-5-4-6-9)10-7-2-3-8-12-10/h2-3,7-9,13H,4-6H2,1H3. The van der Waals surface area contributed by atoms with Gasteiger partial charge in [0.2, 0.25) is 0 Å². The summed E-state index contributed by atoms with van der Waals surface area (Å²) >= 11 is 0. The van der Waals surface area contributed by atoms with Crippen LogP contribution in [0.3, 0.4) is 0 Å². The SMILES string of the molecule is CC(O)(c1ccccn1)C1CCC1. The van der Waals surface area contributed by atoms with Crippen molar-refractivity contribution in [2.45, 2.75) is 31.8 Å². The average molecular weight is 177 g/mol. The van der Waals surface area contributed by atoms with E-state index in [1.54, 1.807) is 6.20 Å². The Morgan fingerprint density at radius 3 is 2.69 bits per heavy atom. The molecule has 1 N–H and O–H groups in total. The molecule has 1 unspecified atom stereocenters. The van der Waals surface area contributed by atoms with Crippen molar-refractivity contribution in [3.63, 3.8) is 0 Å². The maximum atomic E-state index is 10.2. The molecule has 1 aromatic heterocycles. The third-order valence-corrected chi connectivity index (χ3v) is 3.08. The molecule has 2 heteroatoms. The lowest BCUT2D eigenvalue weighted by Crippen LogP contribution is -2.36. The third-order valence-electron chi connectivity index (χ3n) is 3.08. The minimum Gasteiger partial charge on any atom is -0.384 e. The van der Waals surface area contributed by atoms with Crippen LogP contribution in [-0.2, 0) is 5.60 Å². The Balaban J connectivity index is 2.23. The first kappa shape index (κ1) is 8.70. The van der Waals surface area contributed by atoms with Crippen molar-refractivity contribution in [3.05, 3.63) is 30.1 Å². The highest BCUT2D eigenvalue weighted by atomic mass is 16.3. The second kappa shape index (κ2) is 3.11. The minimum absolute atomic E-state index is 0.405. The van der Waals surface area contributed by atoms with Gasteiger partial charge in [0.25, 0.3) is 0 Å². The molecule has 0 bridgehead atoms. The maximum Gasteiger partial charge on any atom is 0.106 e. The number of hydrogen-bond acceptors (Lipinski definition) is 2. The Kier molecular flexibility index (Phi) is 2.08. The molecule has 1 atom stereocenters. The van der Waals surface area contributed by atoms with Gasteiger partial charge in [-0.2, -0.15) is 0 Å². The van der Waals surface area contributed by atoms with E-state index < -0.39 is 5.60 Å². The molecule has 1 heterocycles. The summed E-state index contributed by atoms with van der Waals surface area (Å²) in [5.74, 6) is 0.405. The Hall–Kier alpha value is -0.890. The normalized spacial score (nSPS) is 22.0. The summed E-state index contributed by atoms with van der Waals surface area (Å²) in [4.78, 5) is 4.20. The molecule has 0 amide bonds. The zero-order valence-corrected chi connectivity index (χ0v) is 7.90. The molecule has 0 spiro atoms. The van der Waals surface area contributed by atoms with Crippen LogP contribution < -0.4 is 0 Å². The molecule has 2 rings (SSSR count). The molecule has 0 aromatic carbocycles. The van der Waals surface area contributed by atoms with Crippen molar-refractivity contribution in [2.75, 3.05) is 0 Å². The average Bonchev–Trinajstić information content (AvgIpc) is 2.02.